The van der Waals surface area contributed by atoms with Gasteiger partial charge in [-0.15, -0.1) is 0 Å². The monoisotopic (exact) mass is 453 g/mol. The van der Waals surface area contributed by atoms with E-state index in [4.69, 9.17) is 17.2 Å². The van der Waals surface area contributed by atoms with Gasteiger partial charge in [0.25, 0.3) is 0 Å². The van der Waals surface area contributed by atoms with Crippen molar-refractivity contribution in [1.29, 1.82) is 0 Å². The van der Waals surface area contributed by atoms with E-state index in [0.29, 0.717) is 31.2 Å². The summed E-state index contributed by atoms with van der Waals surface area (Å²) in [6.45, 7) is 1.56. The second-order valence-corrected chi connectivity index (χ2v) is 9.13. The van der Waals surface area contributed by atoms with Crippen LogP contribution in [-0.4, -0.2) is 63.8 Å². The minimum atomic E-state index is -3.91. The van der Waals surface area contributed by atoms with Crippen molar-refractivity contribution >= 4 is 33.5 Å². The van der Waals surface area contributed by atoms with Crippen molar-refractivity contribution in [3.8, 4) is 0 Å². The fraction of sp³-hybridized carbons (Fsp3) is 0.526. The van der Waals surface area contributed by atoms with E-state index in [1.807, 2.05) is 0 Å². The normalized spacial score (nSPS) is 14.8. The Morgan fingerprint density at radius 3 is 2.55 bits per heavy atom. The maximum atomic E-state index is 12.6. The topological polar surface area (TPSA) is 186 Å². The summed E-state index contributed by atoms with van der Waals surface area (Å²) in [5.74, 6) is -0.0787. The van der Waals surface area contributed by atoms with Crippen LogP contribution in [0.4, 0.5) is 5.69 Å². The molecule has 2 rings (SSSR count). The van der Waals surface area contributed by atoms with Crippen molar-refractivity contribution in [3.63, 3.8) is 0 Å². The lowest BCUT2D eigenvalue weighted by Crippen LogP contribution is -2.44. The Hall–Kier alpha value is -2.70. The highest BCUT2D eigenvalue weighted by atomic mass is 32.2. The lowest BCUT2D eigenvalue weighted by atomic mass is 9.93. The molecule has 1 aliphatic heterocycles. The number of carbonyl (C=O) groups is 2. The van der Waals surface area contributed by atoms with Crippen LogP contribution in [-0.2, 0) is 19.6 Å². The molecule has 2 amide bonds. The fourth-order valence-electron chi connectivity index (χ4n) is 3.29. The maximum absolute atomic E-state index is 12.6. The number of piperidine rings is 1. The highest BCUT2D eigenvalue weighted by Gasteiger charge is 2.24. The van der Waals surface area contributed by atoms with Crippen LogP contribution in [0.25, 0.3) is 0 Å². The molecule has 1 fully saturated rings. The molecular formula is C19H31N7O4S. The standard InChI is InChI=1S/C19H31N7O4S/c20-8-4-17(27)25-15-2-1-3-16(12-15)31(29,30)24-13-18(28)26-10-6-14(7-11-26)5-9-23-19(21)22/h1-3,12,14,24H,4-11,13,20H2,(H,25,27)(H4,21,22,23). The van der Waals surface area contributed by atoms with Gasteiger partial charge < -0.3 is 27.4 Å². The minimum absolute atomic E-state index is 0.0377. The van der Waals surface area contributed by atoms with Crippen LogP contribution in [0.3, 0.4) is 0 Å². The third kappa shape index (κ3) is 8.15. The zero-order valence-electron chi connectivity index (χ0n) is 17.4. The van der Waals surface area contributed by atoms with Gasteiger partial charge in [-0.05, 0) is 43.4 Å². The number of carbonyl (C=O) groups excluding carboxylic acids is 2. The molecule has 1 aliphatic rings. The van der Waals surface area contributed by atoms with Crippen LogP contribution in [0.5, 0.6) is 0 Å². The van der Waals surface area contributed by atoms with Crippen molar-refractivity contribution in [2.75, 3.05) is 38.0 Å². The van der Waals surface area contributed by atoms with Crippen molar-refractivity contribution in [2.45, 2.75) is 30.6 Å². The smallest absolute Gasteiger partial charge is 0.241 e. The summed E-state index contributed by atoms with van der Waals surface area (Å²) in [5.41, 5.74) is 16.3. The van der Waals surface area contributed by atoms with Gasteiger partial charge >= 0.3 is 0 Å². The molecule has 172 valence electrons. The number of nitrogens with zero attached hydrogens (tertiary/aromatic N) is 2. The Bertz CT molecular complexity index is 892. The maximum Gasteiger partial charge on any atom is 0.241 e. The van der Waals surface area contributed by atoms with E-state index in [0.717, 1.165) is 19.3 Å². The molecule has 11 nitrogen and oxygen atoms in total. The first-order chi connectivity index (χ1) is 14.7. The van der Waals surface area contributed by atoms with E-state index in [2.05, 4.69) is 15.0 Å². The third-order valence-electron chi connectivity index (χ3n) is 5.01. The van der Waals surface area contributed by atoms with Crippen molar-refractivity contribution < 1.29 is 18.0 Å². The minimum Gasteiger partial charge on any atom is -0.370 e. The number of nitrogens with one attached hydrogen (secondary N) is 2. The number of amides is 2. The molecule has 31 heavy (non-hydrogen) atoms. The van der Waals surface area contributed by atoms with Gasteiger partial charge in [0.1, 0.15) is 0 Å². The lowest BCUT2D eigenvalue weighted by Gasteiger charge is -2.32. The molecule has 0 unspecified atom stereocenters. The van der Waals surface area contributed by atoms with Crippen molar-refractivity contribution in [1.82, 2.24) is 9.62 Å². The Labute approximate surface area is 182 Å². The van der Waals surface area contributed by atoms with Crippen LogP contribution < -0.4 is 27.2 Å². The van der Waals surface area contributed by atoms with Crippen LogP contribution in [0.2, 0.25) is 0 Å². The number of aliphatic imine (C=N–C) groups is 1. The third-order valence-corrected chi connectivity index (χ3v) is 6.41. The molecule has 8 N–H and O–H groups in total. The molecule has 12 heteroatoms. The molecule has 1 aromatic carbocycles. The SMILES string of the molecule is NCCC(=O)Nc1cccc(S(=O)(=O)NCC(=O)N2CCC(CCN=C(N)N)CC2)c1. The highest BCUT2D eigenvalue weighted by molar-refractivity contribution is 7.89. The van der Waals surface area contributed by atoms with E-state index in [-0.39, 0.29) is 42.2 Å². The molecule has 1 heterocycles. The van der Waals surface area contributed by atoms with Gasteiger partial charge in [-0.3, -0.25) is 14.6 Å². The number of guanidine groups is 1. The number of anilines is 1. The predicted molar refractivity (Wildman–Crippen MR) is 119 cm³/mol. The summed E-state index contributed by atoms with van der Waals surface area (Å²) < 4.78 is 27.5. The Morgan fingerprint density at radius 2 is 1.90 bits per heavy atom. The number of hydrogen-bond donors (Lipinski definition) is 5. The first-order valence-electron chi connectivity index (χ1n) is 10.1. The van der Waals surface area contributed by atoms with Gasteiger partial charge in [0.2, 0.25) is 21.8 Å². The summed E-state index contributed by atoms with van der Waals surface area (Å²) in [6, 6.07) is 5.83. The quantitative estimate of drug-likeness (QED) is 0.225. The molecule has 0 saturated carbocycles. The molecule has 1 aromatic rings. The molecule has 0 aromatic heterocycles. The number of benzene rings is 1. The van der Waals surface area contributed by atoms with Gasteiger partial charge in [0, 0.05) is 38.3 Å². The predicted octanol–water partition coefficient (Wildman–Crippen LogP) is -0.846. The van der Waals surface area contributed by atoms with E-state index >= 15 is 0 Å². The highest BCUT2D eigenvalue weighted by Crippen LogP contribution is 2.21. The van der Waals surface area contributed by atoms with Crippen LogP contribution in [0, 0.1) is 5.92 Å². The number of sulfonamides is 1. The number of rotatable bonds is 10. The summed E-state index contributed by atoms with van der Waals surface area (Å²) in [6.07, 6.45) is 2.63. The summed E-state index contributed by atoms with van der Waals surface area (Å²) >= 11 is 0. The summed E-state index contributed by atoms with van der Waals surface area (Å²) in [4.78, 5) is 29.7. The molecule has 1 saturated heterocycles. The zero-order chi connectivity index (χ0) is 22.9. The molecule has 0 bridgehead atoms. The Morgan fingerprint density at radius 1 is 1.19 bits per heavy atom. The summed E-state index contributed by atoms with van der Waals surface area (Å²) in [5, 5.41) is 2.59. The first-order valence-corrected chi connectivity index (χ1v) is 11.6. The molecule has 0 atom stereocenters. The first kappa shape index (κ1) is 24.6. The molecule has 0 spiro atoms. The van der Waals surface area contributed by atoms with E-state index in [9.17, 15) is 18.0 Å². The van der Waals surface area contributed by atoms with Gasteiger partial charge in [0.15, 0.2) is 5.96 Å². The second-order valence-electron chi connectivity index (χ2n) is 7.36. The lowest BCUT2D eigenvalue weighted by molar-refractivity contribution is -0.131. The van der Waals surface area contributed by atoms with E-state index in [1.54, 1.807) is 11.0 Å². The molecule has 0 radical (unpaired) electrons. The van der Waals surface area contributed by atoms with Gasteiger partial charge in [-0.25, -0.2) is 13.1 Å². The van der Waals surface area contributed by atoms with Gasteiger partial charge in [-0.2, -0.15) is 0 Å². The van der Waals surface area contributed by atoms with Crippen LogP contribution in [0.1, 0.15) is 25.7 Å². The largest absolute Gasteiger partial charge is 0.370 e. The molecule has 0 aliphatic carbocycles. The van der Waals surface area contributed by atoms with Gasteiger partial charge in [0.05, 0.1) is 11.4 Å². The van der Waals surface area contributed by atoms with E-state index in [1.165, 1.54) is 18.2 Å². The number of hydrogen-bond acceptors (Lipinski definition) is 6. The van der Waals surface area contributed by atoms with Crippen molar-refractivity contribution in [2.24, 2.45) is 28.1 Å². The van der Waals surface area contributed by atoms with Gasteiger partial charge in [-0.1, -0.05) is 6.07 Å². The fourth-order valence-corrected chi connectivity index (χ4v) is 4.31. The number of likely N-dealkylation sites (tertiary alicyclic amines) is 1. The van der Waals surface area contributed by atoms with E-state index < -0.39 is 10.0 Å². The second kappa shape index (κ2) is 11.6. The Balaban J connectivity index is 1.85. The Kier molecular flexibility index (Phi) is 9.21. The molecular weight excluding hydrogens is 422 g/mol. The van der Waals surface area contributed by atoms with Crippen LogP contribution >= 0.6 is 0 Å². The number of nitrogens with two attached hydrogens (primary N) is 3. The van der Waals surface area contributed by atoms with Crippen LogP contribution in [0.15, 0.2) is 34.2 Å². The zero-order valence-corrected chi connectivity index (χ0v) is 18.2. The average Bonchev–Trinajstić information content (AvgIpc) is 2.72. The average molecular weight is 454 g/mol. The van der Waals surface area contributed by atoms with Crippen molar-refractivity contribution in [3.05, 3.63) is 24.3 Å². The summed E-state index contributed by atoms with van der Waals surface area (Å²) in [7, 11) is -3.91.